The largest absolute Gasteiger partial charge is 0.478 e. The van der Waals surface area contributed by atoms with Gasteiger partial charge in [-0.2, -0.15) is 0 Å². The fraction of sp³-hybridized carbons (Fsp3) is 0.154. The lowest BCUT2D eigenvalue weighted by Gasteiger charge is -2.05. The summed E-state index contributed by atoms with van der Waals surface area (Å²) in [5.74, 6) is -1.11. The van der Waals surface area contributed by atoms with Crippen LogP contribution in [0.15, 0.2) is 29.3 Å². The first kappa shape index (κ1) is 12.0. The summed E-state index contributed by atoms with van der Waals surface area (Å²) in [4.78, 5) is 26.7. The number of hydrogen-bond acceptors (Lipinski definition) is 3. The number of carboxylic acid groups (broad SMARTS) is 1. The van der Waals surface area contributed by atoms with Crippen molar-refractivity contribution in [1.82, 2.24) is 9.55 Å². The van der Waals surface area contributed by atoms with Gasteiger partial charge in [-0.25, -0.2) is 9.78 Å². The summed E-state index contributed by atoms with van der Waals surface area (Å²) in [6, 6.07) is 3.70. The molecule has 0 aliphatic heterocycles. The Kier molecular flexibility index (Phi) is 2.97. The van der Waals surface area contributed by atoms with Gasteiger partial charge in [0.15, 0.2) is 0 Å². The number of fused-ring (bicyclic) bond motifs is 1. The Morgan fingerprint density at radius 3 is 2.78 bits per heavy atom. The fourth-order valence-corrected chi connectivity index (χ4v) is 1.86. The number of nitrogens with zero attached hydrogens (tertiary/aromatic N) is 2. The Morgan fingerprint density at radius 2 is 2.11 bits per heavy atom. The second-order valence-electron chi connectivity index (χ2n) is 4.09. The first-order valence-corrected chi connectivity index (χ1v) is 5.38. The average molecular weight is 244 g/mol. The van der Waals surface area contributed by atoms with Crippen LogP contribution in [0.25, 0.3) is 17.1 Å². The van der Waals surface area contributed by atoms with Crippen LogP contribution in [0.3, 0.4) is 0 Å². The smallest absolute Gasteiger partial charge is 0.329 e. The van der Waals surface area contributed by atoms with E-state index in [9.17, 15) is 9.59 Å². The highest BCUT2D eigenvalue weighted by atomic mass is 16.4. The van der Waals surface area contributed by atoms with Crippen LogP contribution in [0, 0.1) is 13.8 Å². The second kappa shape index (κ2) is 4.44. The molecule has 5 nitrogen and oxygen atoms in total. The van der Waals surface area contributed by atoms with Crippen LogP contribution in [0.5, 0.6) is 0 Å². The van der Waals surface area contributed by atoms with E-state index >= 15 is 0 Å². The van der Waals surface area contributed by atoms with Gasteiger partial charge >= 0.3 is 5.97 Å². The molecule has 0 saturated heterocycles. The van der Waals surface area contributed by atoms with E-state index in [4.69, 9.17) is 5.11 Å². The van der Waals surface area contributed by atoms with Crippen LogP contribution in [0.1, 0.15) is 11.1 Å². The maximum Gasteiger partial charge on any atom is 0.329 e. The molecule has 0 bridgehead atoms. The van der Waals surface area contributed by atoms with Crippen molar-refractivity contribution in [3.8, 4) is 0 Å². The van der Waals surface area contributed by atoms with E-state index in [0.29, 0.717) is 10.9 Å². The predicted molar refractivity (Wildman–Crippen MR) is 68.4 cm³/mol. The number of rotatable bonds is 2. The van der Waals surface area contributed by atoms with Crippen molar-refractivity contribution in [3.63, 3.8) is 0 Å². The Labute approximate surface area is 103 Å². The van der Waals surface area contributed by atoms with E-state index in [2.05, 4.69) is 4.98 Å². The van der Waals surface area contributed by atoms with E-state index in [1.165, 1.54) is 12.5 Å². The van der Waals surface area contributed by atoms with Crippen LogP contribution < -0.4 is 5.56 Å². The number of aryl methyl sites for hydroxylation is 2. The first-order chi connectivity index (χ1) is 8.49. The number of aliphatic carboxylic acids is 1. The van der Waals surface area contributed by atoms with Gasteiger partial charge in [-0.3, -0.25) is 9.36 Å². The highest BCUT2D eigenvalue weighted by Crippen LogP contribution is 2.14. The van der Waals surface area contributed by atoms with Crippen LogP contribution in [-0.4, -0.2) is 20.6 Å². The SMILES string of the molecule is Cc1cc(C)c2ncn(/C=C/C(=O)O)c(=O)c2c1. The molecule has 2 rings (SSSR count). The van der Waals surface area contributed by atoms with E-state index in [0.717, 1.165) is 21.8 Å². The molecular weight excluding hydrogens is 232 g/mol. The van der Waals surface area contributed by atoms with Crippen molar-refractivity contribution in [2.45, 2.75) is 13.8 Å². The van der Waals surface area contributed by atoms with Crippen LogP contribution >= 0.6 is 0 Å². The first-order valence-electron chi connectivity index (χ1n) is 5.38. The lowest BCUT2D eigenvalue weighted by Crippen LogP contribution is -2.16. The number of carboxylic acids is 1. The molecule has 1 heterocycles. The third kappa shape index (κ3) is 2.15. The average Bonchev–Trinajstić information content (AvgIpc) is 2.29. The van der Waals surface area contributed by atoms with E-state index < -0.39 is 5.97 Å². The van der Waals surface area contributed by atoms with Crippen molar-refractivity contribution in [1.29, 1.82) is 0 Å². The predicted octanol–water partition coefficient (Wildman–Crippen LogP) is 1.57. The Bertz CT molecular complexity index is 714. The molecule has 2 aromatic rings. The third-order valence-corrected chi connectivity index (χ3v) is 2.60. The van der Waals surface area contributed by atoms with Crippen molar-refractivity contribution in [3.05, 3.63) is 46.0 Å². The molecule has 1 N–H and O–H groups in total. The number of benzene rings is 1. The molecule has 0 saturated carbocycles. The quantitative estimate of drug-likeness (QED) is 0.814. The summed E-state index contributed by atoms with van der Waals surface area (Å²) in [5.41, 5.74) is 2.27. The summed E-state index contributed by atoms with van der Waals surface area (Å²) in [7, 11) is 0. The molecule has 18 heavy (non-hydrogen) atoms. The van der Waals surface area contributed by atoms with Gasteiger partial charge in [0, 0.05) is 12.3 Å². The van der Waals surface area contributed by atoms with E-state index in [1.54, 1.807) is 6.07 Å². The summed E-state index contributed by atoms with van der Waals surface area (Å²) >= 11 is 0. The van der Waals surface area contributed by atoms with Gasteiger partial charge in [0.25, 0.3) is 5.56 Å². The molecule has 0 unspecified atom stereocenters. The van der Waals surface area contributed by atoms with Gasteiger partial charge in [-0.15, -0.1) is 0 Å². The minimum absolute atomic E-state index is 0.274. The molecule has 92 valence electrons. The number of hydrogen-bond donors (Lipinski definition) is 1. The van der Waals surface area contributed by atoms with Crippen molar-refractivity contribution in [2.24, 2.45) is 0 Å². The summed E-state index contributed by atoms with van der Waals surface area (Å²) < 4.78 is 1.16. The number of aromatic nitrogens is 2. The molecule has 0 spiro atoms. The van der Waals surface area contributed by atoms with Gasteiger partial charge in [0.1, 0.15) is 6.33 Å². The normalized spacial score (nSPS) is 11.2. The van der Waals surface area contributed by atoms with E-state index in [-0.39, 0.29) is 5.56 Å². The van der Waals surface area contributed by atoms with Crippen molar-refractivity contribution in [2.75, 3.05) is 0 Å². The van der Waals surface area contributed by atoms with Crippen LogP contribution in [0.2, 0.25) is 0 Å². The zero-order valence-corrected chi connectivity index (χ0v) is 10.0. The maximum absolute atomic E-state index is 12.1. The zero-order chi connectivity index (χ0) is 13.3. The topological polar surface area (TPSA) is 72.2 Å². The molecule has 0 radical (unpaired) electrons. The monoisotopic (exact) mass is 244 g/mol. The highest BCUT2D eigenvalue weighted by molar-refractivity contribution is 5.84. The second-order valence-corrected chi connectivity index (χ2v) is 4.09. The minimum atomic E-state index is -1.11. The minimum Gasteiger partial charge on any atom is -0.478 e. The summed E-state index contributed by atoms with van der Waals surface area (Å²) in [5, 5.41) is 9.04. The van der Waals surface area contributed by atoms with Gasteiger partial charge in [-0.05, 0) is 31.0 Å². The van der Waals surface area contributed by atoms with Gasteiger partial charge in [-0.1, -0.05) is 6.07 Å². The molecule has 1 aromatic carbocycles. The fourth-order valence-electron chi connectivity index (χ4n) is 1.86. The summed E-state index contributed by atoms with van der Waals surface area (Å²) in [6.45, 7) is 3.79. The van der Waals surface area contributed by atoms with Crippen molar-refractivity contribution < 1.29 is 9.90 Å². The van der Waals surface area contributed by atoms with Crippen LogP contribution in [0.4, 0.5) is 0 Å². The van der Waals surface area contributed by atoms with Crippen molar-refractivity contribution >= 4 is 23.1 Å². The van der Waals surface area contributed by atoms with Crippen LogP contribution in [-0.2, 0) is 4.79 Å². The Balaban J connectivity index is 2.71. The molecule has 0 atom stereocenters. The Morgan fingerprint density at radius 1 is 1.39 bits per heavy atom. The molecule has 5 heteroatoms. The van der Waals surface area contributed by atoms with Gasteiger partial charge < -0.3 is 5.11 Å². The highest BCUT2D eigenvalue weighted by Gasteiger charge is 2.05. The molecule has 0 fully saturated rings. The van der Waals surface area contributed by atoms with Gasteiger partial charge in [0.05, 0.1) is 10.9 Å². The standard InChI is InChI=1S/C13H12N2O3/c1-8-5-9(2)12-10(6-8)13(18)15(7-14-12)4-3-11(16)17/h3-7H,1-2H3,(H,16,17)/b4-3+. The molecule has 1 aromatic heterocycles. The molecular formula is C13H12N2O3. The lowest BCUT2D eigenvalue weighted by atomic mass is 10.1. The lowest BCUT2D eigenvalue weighted by molar-refractivity contribution is -0.131. The maximum atomic E-state index is 12.1. The molecule has 0 aliphatic rings. The third-order valence-electron chi connectivity index (χ3n) is 2.60. The summed E-state index contributed by atoms with van der Waals surface area (Å²) in [6.07, 6.45) is 3.42. The molecule has 0 aliphatic carbocycles. The number of carbonyl (C=O) groups is 1. The van der Waals surface area contributed by atoms with E-state index in [1.807, 2.05) is 19.9 Å². The van der Waals surface area contributed by atoms with Gasteiger partial charge in [0.2, 0.25) is 0 Å². The Hall–Kier alpha value is -2.43. The molecule has 0 amide bonds. The zero-order valence-electron chi connectivity index (χ0n) is 10.0.